The van der Waals surface area contributed by atoms with Gasteiger partial charge in [-0.3, -0.25) is 4.79 Å². The number of rotatable bonds is 4. The van der Waals surface area contributed by atoms with Crippen LogP contribution in [0.2, 0.25) is 0 Å². The summed E-state index contributed by atoms with van der Waals surface area (Å²) >= 11 is 1.55. The fraction of sp³-hybridized carbons (Fsp3) is 0.227. The fourth-order valence-corrected chi connectivity index (χ4v) is 4.48. The van der Waals surface area contributed by atoms with Crippen molar-refractivity contribution in [2.24, 2.45) is 0 Å². The number of halogens is 3. The van der Waals surface area contributed by atoms with Gasteiger partial charge in [-0.15, -0.1) is 11.3 Å². The number of furan rings is 1. The van der Waals surface area contributed by atoms with E-state index in [-0.39, 0.29) is 18.0 Å². The number of aromatic nitrogens is 3. The van der Waals surface area contributed by atoms with Crippen LogP contribution in [-0.2, 0) is 17.4 Å². The molecule has 164 valence electrons. The fourth-order valence-electron chi connectivity index (χ4n) is 3.77. The maximum absolute atomic E-state index is 13.7. The van der Waals surface area contributed by atoms with Gasteiger partial charge in [0.15, 0.2) is 0 Å². The van der Waals surface area contributed by atoms with Gasteiger partial charge in [0.2, 0.25) is 5.91 Å². The summed E-state index contributed by atoms with van der Waals surface area (Å²) in [5, 5.41) is 2.86. The summed E-state index contributed by atoms with van der Waals surface area (Å²) in [6.07, 6.45) is 5.57. The predicted octanol–water partition coefficient (Wildman–Crippen LogP) is 4.93. The van der Waals surface area contributed by atoms with Gasteiger partial charge in [0, 0.05) is 48.2 Å². The van der Waals surface area contributed by atoms with Crippen molar-refractivity contribution >= 4 is 28.5 Å². The van der Waals surface area contributed by atoms with Crippen LogP contribution in [0, 0.1) is 0 Å². The van der Waals surface area contributed by atoms with E-state index < -0.39 is 11.7 Å². The molecular weight excluding hydrogens is 441 g/mol. The van der Waals surface area contributed by atoms with Crippen molar-refractivity contribution in [2.75, 3.05) is 13.1 Å². The first-order valence-corrected chi connectivity index (χ1v) is 10.7. The van der Waals surface area contributed by atoms with E-state index in [1.807, 2.05) is 11.5 Å². The largest absolute Gasteiger partial charge is 0.472 e. The zero-order chi connectivity index (χ0) is 22.3. The van der Waals surface area contributed by atoms with Crippen molar-refractivity contribution < 1.29 is 22.4 Å². The van der Waals surface area contributed by atoms with Crippen LogP contribution in [-0.4, -0.2) is 38.3 Å². The number of imidazole rings is 1. The van der Waals surface area contributed by atoms with Gasteiger partial charge in [-0.1, -0.05) is 6.08 Å². The Bertz CT molecular complexity index is 1290. The number of alkyl halides is 3. The summed E-state index contributed by atoms with van der Waals surface area (Å²) in [6.45, 7) is 0.982. The number of fused-ring (bicyclic) bond motifs is 1. The van der Waals surface area contributed by atoms with Crippen molar-refractivity contribution in [1.82, 2.24) is 19.3 Å². The van der Waals surface area contributed by atoms with E-state index in [0.29, 0.717) is 36.3 Å². The molecule has 6 nitrogen and oxygen atoms in total. The van der Waals surface area contributed by atoms with Gasteiger partial charge in [-0.25, -0.2) is 9.97 Å². The zero-order valence-corrected chi connectivity index (χ0v) is 17.5. The van der Waals surface area contributed by atoms with Crippen molar-refractivity contribution in [3.63, 3.8) is 0 Å². The summed E-state index contributed by atoms with van der Waals surface area (Å²) in [6, 6.07) is 2.64. The Hall–Kier alpha value is -3.40. The molecule has 0 aromatic carbocycles. The lowest BCUT2D eigenvalue weighted by Gasteiger charge is -2.25. The van der Waals surface area contributed by atoms with Crippen molar-refractivity contribution in [3.05, 3.63) is 71.0 Å². The van der Waals surface area contributed by atoms with E-state index in [2.05, 4.69) is 9.97 Å². The third-order valence-electron chi connectivity index (χ3n) is 5.36. The molecule has 5 heterocycles. The summed E-state index contributed by atoms with van der Waals surface area (Å²) in [7, 11) is 0. The monoisotopic (exact) mass is 458 g/mol. The topological polar surface area (TPSA) is 63.6 Å². The SMILES string of the molecule is O=C(Cc1cn2cc(-c3ccoc3)cc(C(F)(F)F)c2n1)N1CC=C(c2nccs2)CC1. The van der Waals surface area contributed by atoms with E-state index in [4.69, 9.17) is 4.42 Å². The molecule has 0 aliphatic carbocycles. The highest BCUT2D eigenvalue weighted by Crippen LogP contribution is 2.35. The van der Waals surface area contributed by atoms with Gasteiger partial charge < -0.3 is 13.7 Å². The molecule has 4 aromatic heterocycles. The Kier molecular flexibility index (Phi) is 5.09. The molecular formula is C22H17F3N4O2S. The molecule has 0 saturated heterocycles. The molecule has 1 amide bonds. The summed E-state index contributed by atoms with van der Waals surface area (Å²) in [5.74, 6) is -0.175. The standard InChI is InChI=1S/C22H17F3N4O2S/c23-22(24,25)18-9-16(15-3-7-31-13-15)11-29-12-17(27-20(18)29)10-19(30)28-5-1-14(2-6-28)21-26-4-8-32-21/h1,3-4,7-9,11-13H,2,5-6,10H2. The van der Waals surface area contributed by atoms with Crippen LogP contribution in [0.5, 0.6) is 0 Å². The Morgan fingerprint density at radius 1 is 1.25 bits per heavy atom. The van der Waals surface area contributed by atoms with E-state index in [9.17, 15) is 18.0 Å². The minimum atomic E-state index is -4.59. The second-order valence-corrected chi connectivity index (χ2v) is 8.34. The van der Waals surface area contributed by atoms with Crippen LogP contribution >= 0.6 is 11.3 Å². The molecule has 0 spiro atoms. The highest BCUT2D eigenvalue weighted by Gasteiger charge is 2.35. The van der Waals surface area contributed by atoms with Gasteiger partial charge in [0.25, 0.3) is 0 Å². The van der Waals surface area contributed by atoms with Crippen molar-refractivity contribution in [1.29, 1.82) is 0 Å². The predicted molar refractivity (Wildman–Crippen MR) is 113 cm³/mol. The van der Waals surface area contributed by atoms with Crippen LogP contribution in [0.4, 0.5) is 13.2 Å². The van der Waals surface area contributed by atoms with Crippen LogP contribution < -0.4 is 0 Å². The van der Waals surface area contributed by atoms with Gasteiger partial charge >= 0.3 is 6.18 Å². The van der Waals surface area contributed by atoms with Crippen LogP contribution in [0.3, 0.4) is 0 Å². The molecule has 32 heavy (non-hydrogen) atoms. The number of thiazole rings is 1. The molecule has 5 rings (SSSR count). The third kappa shape index (κ3) is 3.93. The molecule has 1 aliphatic heterocycles. The molecule has 0 N–H and O–H groups in total. The first-order chi connectivity index (χ1) is 15.4. The van der Waals surface area contributed by atoms with Gasteiger partial charge in [0.05, 0.1) is 30.2 Å². The second-order valence-electron chi connectivity index (χ2n) is 7.45. The molecule has 0 bridgehead atoms. The number of amides is 1. The quantitative estimate of drug-likeness (QED) is 0.435. The minimum absolute atomic E-state index is 0.0690. The lowest BCUT2D eigenvalue weighted by molar-refractivity contribution is -0.136. The minimum Gasteiger partial charge on any atom is -0.472 e. The Morgan fingerprint density at radius 3 is 2.78 bits per heavy atom. The molecule has 1 aliphatic rings. The summed E-state index contributed by atoms with van der Waals surface area (Å²) in [5.41, 5.74) is 1.20. The van der Waals surface area contributed by atoms with E-state index in [0.717, 1.165) is 16.6 Å². The Balaban J connectivity index is 1.40. The normalized spacial score (nSPS) is 14.7. The van der Waals surface area contributed by atoms with Crippen molar-refractivity contribution in [3.8, 4) is 11.1 Å². The number of hydrogen-bond donors (Lipinski definition) is 0. The molecule has 0 saturated carbocycles. The van der Waals surface area contributed by atoms with E-state index >= 15 is 0 Å². The van der Waals surface area contributed by atoms with Gasteiger partial charge in [-0.05, 0) is 24.1 Å². The highest BCUT2D eigenvalue weighted by atomic mass is 32.1. The maximum atomic E-state index is 13.7. The zero-order valence-electron chi connectivity index (χ0n) is 16.7. The maximum Gasteiger partial charge on any atom is 0.420 e. The molecule has 10 heteroatoms. The molecule has 4 aromatic rings. The second kappa shape index (κ2) is 7.94. The number of carbonyl (C=O) groups excluding carboxylic acids is 1. The summed E-state index contributed by atoms with van der Waals surface area (Å²) in [4.78, 5) is 22.9. The lowest BCUT2D eigenvalue weighted by Crippen LogP contribution is -2.35. The number of nitrogens with zero attached hydrogens (tertiary/aromatic N) is 4. The van der Waals surface area contributed by atoms with Crippen molar-refractivity contribution in [2.45, 2.75) is 19.0 Å². The molecule has 0 atom stereocenters. The first-order valence-electron chi connectivity index (χ1n) is 9.86. The average Bonchev–Trinajstić information content (AvgIpc) is 3.53. The van der Waals surface area contributed by atoms with Gasteiger partial charge in [0.1, 0.15) is 10.7 Å². The average molecular weight is 458 g/mol. The highest BCUT2D eigenvalue weighted by molar-refractivity contribution is 7.10. The number of pyridine rings is 1. The van der Waals surface area contributed by atoms with Crippen LogP contribution in [0.1, 0.15) is 22.7 Å². The van der Waals surface area contributed by atoms with Crippen LogP contribution in [0.15, 0.2) is 59.1 Å². The van der Waals surface area contributed by atoms with E-state index in [1.165, 1.54) is 23.1 Å². The third-order valence-corrected chi connectivity index (χ3v) is 6.21. The number of hydrogen-bond acceptors (Lipinski definition) is 5. The molecule has 0 unspecified atom stereocenters. The van der Waals surface area contributed by atoms with Gasteiger partial charge in [-0.2, -0.15) is 13.2 Å². The smallest absolute Gasteiger partial charge is 0.420 e. The summed E-state index contributed by atoms with van der Waals surface area (Å²) < 4.78 is 47.4. The Morgan fingerprint density at radius 2 is 2.12 bits per heavy atom. The van der Waals surface area contributed by atoms with E-state index in [1.54, 1.807) is 34.7 Å². The first kappa shape index (κ1) is 20.5. The Labute approximate surface area is 184 Å². The van der Waals surface area contributed by atoms with Crippen LogP contribution in [0.25, 0.3) is 22.3 Å². The number of carbonyl (C=O) groups is 1. The lowest BCUT2D eigenvalue weighted by atomic mass is 10.1. The molecule has 0 radical (unpaired) electrons. The molecule has 0 fully saturated rings.